The third-order valence-electron chi connectivity index (χ3n) is 9.95. The Labute approximate surface area is 306 Å². The summed E-state index contributed by atoms with van der Waals surface area (Å²) in [6.07, 6.45) is 0. The third-order valence-corrected chi connectivity index (χ3v) is 9.95. The summed E-state index contributed by atoms with van der Waals surface area (Å²) in [5, 5.41) is 4.52. The van der Waals surface area contributed by atoms with Crippen molar-refractivity contribution in [3.05, 3.63) is 188 Å². The van der Waals surface area contributed by atoms with E-state index in [0.29, 0.717) is 17.5 Å². The molecule has 0 N–H and O–H groups in total. The van der Waals surface area contributed by atoms with Gasteiger partial charge in [-0.05, 0) is 74.5 Å². The van der Waals surface area contributed by atoms with Gasteiger partial charge in [0.05, 0.1) is 0 Å². The van der Waals surface area contributed by atoms with Gasteiger partial charge in [0.2, 0.25) is 0 Å². The summed E-state index contributed by atoms with van der Waals surface area (Å²) < 4.78 is 6.40. The number of fused-ring (bicyclic) bond motifs is 4. The quantitative estimate of drug-likeness (QED) is 0.176. The van der Waals surface area contributed by atoms with Crippen LogP contribution in [0.2, 0.25) is 0 Å². The number of hydrogen-bond acceptors (Lipinski definition) is 4. The molecule has 8 aromatic carbocycles. The van der Waals surface area contributed by atoms with Crippen LogP contribution in [0.15, 0.2) is 192 Å². The van der Waals surface area contributed by atoms with Crippen LogP contribution in [0.4, 0.5) is 0 Å². The lowest BCUT2D eigenvalue weighted by atomic mass is 9.96. The summed E-state index contributed by atoms with van der Waals surface area (Å²) in [5.41, 5.74) is 11.4. The van der Waals surface area contributed by atoms with E-state index in [-0.39, 0.29) is 0 Å². The summed E-state index contributed by atoms with van der Waals surface area (Å²) in [7, 11) is 0. The van der Waals surface area contributed by atoms with E-state index in [4.69, 9.17) is 19.4 Å². The number of aromatic nitrogens is 3. The average Bonchev–Trinajstić information content (AvgIpc) is 3.62. The van der Waals surface area contributed by atoms with Crippen molar-refractivity contribution in [1.82, 2.24) is 15.0 Å². The first kappa shape index (κ1) is 30.6. The molecule has 0 aliphatic rings. The van der Waals surface area contributed by atoms with Crippen LogP contribution >= 0.6 is 0 Å². The van der Waals surface area contributed by atoms with E-state index in [1.165, 1.54) is 21.9 Å². The second-order valence-corrected chi connectivity index (χ2v) is 13.2. The molecule has 0 saturated carbocycles. The topological polar surface area (TPSA) is 51.8 Å². The van der Waals surface area contributed by atoms with Crippen molar-refractivity contribution in [2.24, 2.45) is 0 Å². The van der Waals surface area contributed by atoms with E-state index in [1.807, 2.05) is 54.6 Å². The van der Waals surface area contributed by atoms with Crippen molar-refractivity contribution in [1.29, 1.82) is 0 Å². The molecule has 248 valence electrons. The van der Waals surface area contributed by atoms with Gasteiger partial charge >= 0.3 is 0 Å². The zero-order chi connectivity index (χ0) is 35.1. The maximum atomic E-state index is 6.40. The van der Waals surface area contributed by atoms with Crippen LogP contribution in [0.5, 0.6) is 0 Å². The zero-order valence-corrected chi connectivity index (χ0v) is 28.6. The minimum Gasteiger partial charge on any atom is -0.456 e. The fourth-order valence-electron chi connectivity index (χ4n) is 7.21. The second-order valence-electron chi connectivity index (χ2n) is 13.2. The van der Waals surface area contributed by atoms with Gasteiger partial charge in [-0.1, -0.05) is 158 Å². The molecule has 4 nitrogen and oxygen atoms in total. The van der Waals surface area contributed by atoms with E-state index in [0.717, 1.165) is 60.9 Å². The molecule has 2 aromatic heterocycles. The summed E-state index contributed by atoms with van der Waals surface area (Å²) in [6.45, 7) is 0. The molecule has 0 fully saturated rings. The van der Waals surface area contributed by atoms with Gasteiger partial charge in [-0.25, -0.2) is 15.0 Å². The Morgan fingerprint density at radius 3 is 1.45 bits per heavy atom. The Bertz CT molecular complexity index is 2910. The fourth-order valence-corrected chi connectivity index (χ4v) is 7.21. The monoisotopic (exact) mass is 677 g/mol. The Balaban J connectivity index is 1.06. The third kappa shape index (κ3) is 5.73. The molecule has 0 bridgehead atoms. The summed E-state index contributed by atoms with van der Waals surface area (Å²) >= 11 is 0. The molecule has 53 heavy (non-hydrogen) atoms. The van der Waals surface area contributed by atoms with E-state index >= 15 is 0 Å². The molecule has 0 spiro atoms. The van der Waals surface area contributed by atoms with Gasteiger partial charge in [0.1, 0.15) is 11.2 Å². The van der Waals surface area contributed by atoms with Crippen LogP contribution < -0.4 is 0 Å². The van der Waals surface area contributed by atoms with Crippen LogP contribution in [0, 0.1) is 0 Å². The SMILES string of the molecule is c1ccc(-c2ccc(-c3ccc(-c4nc(-c5ccccc5)nc(-c5ccc6oc7cccc(-c8ccc9ccccc9c8)c7c6c5)n4)cc3)cc2)cc1. The number of benzene rings is 8. The molecular formula is C49H31N3O. The zero-order valence-electron chi connectivity index (χ0n) is 28.6. The predicted molar refractivity (Wildman–Crippen MR) is 217 cm³/mol. The maximum Gasteiger partial charge on any atom is 0.164 e. The van der Waals surface area contributed by atoms with Gasteiger partial charge in [0.15, 0.2) is 17.5 Å². The van der Waals surface area contributed by atoms with Gasteiger partial charge in [-0.3, -0.25) is 0 Å². The molecule has 0 unspecified atom stereocenters. The van der Waals surface area contributed by atoms with Crippen molar-refractivity contribution in [3.8, 4) is 67.5 Å². The first-order chi connectivity index (χ1) is 26.2. The highest BCUT2D eigenvalue weighted by Gasteiger charge is 2.17. The Morgan fingerprint density at radius 1 is 0.302 bits per heavy atom. The molecule has 4 heteroatoms. The van der Waals surface area contributed by atoms with Crippen molar-refractivity contribution in [2.75, 3.05) is 0 Å². The van der Waals surface area contributed by atoms with Crippen LogP contribution in [-0.2, 0) is 0 Å². The molecule has 0 amide bonds. The van der Waals surface area contributed by atoms with Crippen molar-refractivity contribution >= 4 is 32.7 Å². The van der Waals surface area contributed by atoms with Crippen molar-refractivity contribution in [3.63, 3.8) is 0 Å². The summed E-state index contributed by atoms with van der Waals surface area (Å²) in [5.74, 6) is 1.85. The summed E-state index contributed by atoms with van der Waals surface area (Å²) in [6, 6.07) is 65.3. The lowest BCUT2D eigenvalue weighted by Crippen LogP contribution is -2.00. The van der Waals surface area contributed by atoms with E-state index < -0.39 is 0 Å². The van der Waals surface area contributed by atoms with Crippen molar-refractivity contribution in [2.45, 2.75) is 0 Å². The summed E-state index contributed by atoms with van der Waals surface area (Å²) in [4.78, 5) is 15.1. The largest absolute Gasteiger partial charge is 0.456 e. The molecule has 2 heterocycles. The maximum absolute atomic E-state index is 6.40. The molecular weight excluding hydrogens is 647 g/mol. The van der Waals surface area contributed by atoms with Gasteiger partial charge in [0, 0.05) is 27.5 Å². The fraction of sp³-hybridized carbons (Fsp3) is 0. The van der Waals surface area contributed by atoms with E-state index in [2.05, 4.69) is 133 Å². The van der Waals surface area contributed by atoms with E-state index in [9.17, 15) is 0 Å². The van der Waals surface area contributed by atoms with Crippen LogP contribution in [-0.4, -0.2) is 15.0 Å². The Morgan fingerprint density at radius 2 is 0.792 bits per heavy atom. The smallest absolute Gasteiger partial charge is 0.164 e. The normalized spacial score (nSPS) is 11.4. The molecule has 0 aliphatic heterocycles. The minimum atomic E-state index is 0.605. The van der Waals surface area contributed by atoms with Crippen LogP contribution in [0.25, 0.3) is 100 Å². The standard InChI is InChI=1S/C49H31N3O/c1-3-10-32(11-4-1)34-18-20-35(21-19-34)36-22-25-38(26-23-36)48-50-47(37-13-5-2-6-14-37)51-49(52-48)41-28-29-44-43(31-41)46-42(16-9-17-45(46)53-44)40-27-24-33-12-7-8-15-39(33)30-40/h1-31H. The van der Waals surface area contributed by atoms with Gasteiger partial charge in [-0.15, -0.1) is 0 Å². The predicted octanol–water partition coefficient (Wildman–Crippen LogP) is 12.9. The van der Waals surface area contributed by atoms with Crippen LogP contribution in [0.3, 0.4) is 0 Å². The van der Waals surface area contributed by atoms with Crippen molar-refractivity contribution < 1.29 is 4.42 Å². The number of furan rings is 1. The Kier molecular flexibility index (Phi) is 7.43. The molecule has 0 radical (unpaired) electrons. The van der Waals surface area contributed by atoms with Crippen LogP contribution in [0.1, 0.15) is 0 Å². The number of nitrogens with zero attached hydrogens (tertiary/aromatic N) is 3. The molecule has 10 aromatic rings. The second kappa shape index (κ2) is 12.9. The van der Waals surface area contributed by atoms with Gasteiger partial charge in [0.25, 0.3) is 0 Å². The molecule has 0 aliphatic carbocycles. The highest BCUT2D eigenvalue weighted by molar-refractivity contribution is 6.13. The molecule has 0 atom stereocenters. The molecule has 0 saturated heterocycles. The highest BCUT2D eigenvalue weighted by atomic mass is 16.3. The lowest BCUT2D eigenvalue weighted by Gasteiger charge is -2.10. The van der Waals surface area contributed by atoms with Gasteiger partial charge in [-0.2, -0.15) is 0 Å². The highest BCUT2D eigenvalue weighted by Crippen LogP contribution is 2.39. The first-order valence-corrected chi connectivity index (χ1v) is 17.8. The average molecular weight is 678 g/mol. The first-order valence-electron chi connectivity index (χ1n) is 17.8. The van der Waals surface area contributed by atoms with Gasteiger partial charge < -0.3 is 4.42 Å². The number of hydrogen-bond donors (Lipinski definition) is 0. The van der Waals surface area contributed by atoms with E-state index in [1.54, 1.807) is 0 Å². The number of rotatable bonds is 6. The molecule has 10 rings (SSSR count). The minimum absolute atomic E-state index is 0.605. The lowest BCUT2D eigenvalue weighted by molar-refractivity contribution is 0.669. The Hall–Kier alpha value is -7.17.